The monoisotopic (exact) mass is 386 g/mol. The van der Waals surface area contributed by atoms with E-state index in [0.29, 0.717) is 16.3 Å². The first-order valence-corrected chi connectivity index (χ1v) is 10.6. The summed E-state index contributed by atoms with van der Waals surface area (Å²) < 4.78 is 27.8. The summed E-state index contributed by atoms with van der Waals surface area (Å²) in [4.78, 5) is 2.27. The van der Waals surface area contributed by atoms with Crippen LogP contribution < -0.4 is 0 Å². The molecule has 26 heavy (non-hydrogen) atoms. The van der Waals surface area contributed by atoms with E-state index in [1.54, 1.807) is 0 Å². The average Bonchev–Trinajstić information content (AvgIpc) is 2.83. The maximum atomic E-state index is 13.3. The molecule has 0 saturated carbocycles. The van der Waals surface area contributed by atoms with E-state index in [4.69, 9.17) is 0 Å². The minimum absolute atomic E-state index is 0.338. The predicted octanol–water partition coefficient (Wildman–Crippen LogP) is 4.81. The highest BCUT2D eigenvalue weighted by atomic mass is 32.2. The standard InChI is InChI=1S/C20H22N2O2S2/c1-13-11-14(2)20(15(3)12-13)26(23,24)22-17(5)19(16(4)21-22)25-18-9-7-6-8-10-18/h6-12H,1-5H3. The summed E-state index contributed by atoms with van der Waals surface area (Å²) in [6.45, 7) is 9.28. The van der Waals surface area contributed by atoms with Gasteiger partial charge >= 0.3 is 0 Å². The van der Waals surface area contributed by atoms with E-state index < -0.39 is 10.0 Å². The minimum atomic E-state index is -3.75. The number of aromatic nitrogens is 2. The lowest BCUT2D eigenvalue weighted by Gasteiger charge is -2.13. The fourth-order valence-corrected chi connectivity index (χ4v) is 6.05. The zero-order valence-electron chi connectivity index (χ0n) is 15.6. The van der Waals surface area contributed by atoms with Crippen molar-refractivity contribution >= 4 is 21.8 Å². The normalized spacial score (nSPS) is 11.7. The Hall–Kier alpha value is -2.05. The number of nitrogens with zero attached hydrogens (tertiary/aromatic N) is 2. The van der Waals surface area contributed by atoms with E-state index in [2.05, 4.69) is 5.10 Å². The van der Waals surface area contributed by atoms with Gasteiger partial charge < -0.3 is 0 Å². The summed E-state index contributed by atoms with van der Waals surface area (Å²) in [7, 11) is -3.75. The van der Waals surface area contributed by atoms with Crippen LogP contribution in [0.2, 0.25) is 0 Å². The third kappa shape index (κ3) is 3.31. The molecule has 0 aliphatic rings. The van der Waals surface area contributed by atoms with Crippen molar-refractivity contribution in [1.82, 2.24) is 9.19 Å². The molecule has 3 rings (SSSR count). The van der Waals surface area contributed by atoms with E-state index in [1.807, 2.05) is 77.1 Å². The van der Waals surface area contributed by atoms with Gasteiger partial charge in [0.2, 0.25) is 0 Å². The Morgan fingerprint density at radius 3 is 2.08 bits per heavy atom. The third-order valence-electron chi connectivity index (χ3n) is 4.24. The van der Waals surface area contributed by atoms with Gasteiger partial charge in [-0.2, -0.15) is 17.6 Å². The van der Waals surface area contributed by atoms with Crippen LogP contribution in [0.15, 0.2) is 57.2 Å². The summed E-state index contributed by atoms with van der Waals surface area (Å²) in [5.74, 6) is 0. The highest BCUT2D eigenvalue weighted by Crippen LogP contribution is 2.34. The lowest BCUT2D eigenvalue weighted by molar-refractivity contribution is 0.576. The van der Waals surface area contributed by atoms with Gasteiger partial charge in [0.15, 0.2) is 0 Å². The number of aryl methyl sites for hydroxylation is 4. The van der Waals surface area contributed by atoms with Crippen LogP contribution in [0.4, 0.5) is 0 Å². The van der Waals surface area contributed by atoms with Crippen molar-refractivity contribution in [3.05, 3.63) is 70.5 Å². The second-order valence-electron chi connectivity index (χ2n) is 6.49. The van der Waals surface area contributed by atoms with Crippen LogP contribution in [0.5, 0.6) is 0 Å². The fraction of sp³-hybridized carbons (Fsp3) is 0.250. The summed E-state index contributed by atoms with van der Waals surface area (Å²) in [5.41, 5.74) is 3.88. The van der Waals surface area contributed by atoms with Crippen molar-refractivity contribution in [2.75, 3.05) is 0 Å². The van der Waals surface area contributed by atoms with Crippen LogP contribution in [-0.4, -0.2) is 17.6 Å². The van der Waals surface area contributed by atoms with Crippen LogP contribution in [0.1, 0.15) is 28.1 Å². The van der Waals surface area contributed by atoms with Gasteiger partial charge in [-0.05, 0) is 57.9 Å². The van der Waals surface area contributed by atoms with E-state index in [9.17, 15) is 8.42 Å². The minimum Gasteiger partial charge on any atom is -0.199 e. The first-order chi connectivity index (χ1) is 12.2. The van der Waals surface area contributed by atoms with Gasteiger partial charge in [-0.25, -0.2) is 0 Å². The van der Waals surface area contributed by atoms with Gasteiger partial charge in [0, 0.05) is 4.90 Å². The summed E-state index contributed by atoms with van der Waals surface area (Å²) >= 11 is 1.54. The van der Waals surface area contributed by atoms with E-state index in [-0.39, 0.29) is 0 Å². The van der Waals surface area contributed by atoms with Gasteiger partial charge in [0.05, 0.1) is 21.2 Å². The molecule has 2 aromatic carbocycles. The number of benzene rings is 2. The average molecular weight is 387 g/mol. The molecular weight excluding hydrogens is 364 g/mol. The maximum Gasteiger partial charge on any atom is 0.283 e. The fourth-order valence-electron chi connectivity index (χ4n) is 3.25. The Morgan fingerprint density at radius 1 is 0.923 bits per heavy atom. The lowest BCUT2D eigenvalue weighted by atomic mass is 10.1. The van der Waals surface area contributed by atoms with Crippen LogP contribution >= 0.6 is 11.8 Å². The molecule has 6 heteroatoms. The molecule has 0 fully saturated rings. The molecule has 4 nitrogen and oxygen atoms in total. The zero-order chi connectivity index (χ0) is 19.1. The molecule has 136 valence electrons. The van der Waals surface area contributed by atoms with Crippen molar-refractivity contribution in [1.29, 1.82) is 0 Å². The predicted molar refractivity (Wildman–Crippen MR) is 106 cm³/mol. The highest BCUT2D eigenvalue weighted by Gasteiger charge is 2.27. The van der Waals surface area contributed by atoms with Crippen molar-refractivity contribution in [3.8, 4) is 0 Å². The molecule has 0 aliphatic heterocycles. The van der Waals surface area contributed by atoms with Gasteiger partial charge in [0.1, 0.15) is 0 Å². The molecule has 0 bridgehead atoms. The molecular formula is C20H22N2O2S2. The number of hydrogen-bond acceptors (Lipinski definition) is 4. The molecule has 1 heterocycles. The molecule has 0 radical (unpaired) electrons. The Balaban J connectivity index is 2.12. The highest BCUT2D eigenvalue weighted by molar-refractivity contribution is 7.99. The quantitative estimate of drug-likeness (QED) is 0.645. The molecule has 0 atom stereocenters. The lowest BCUT2D eigenvalue weighted by Crippen LogP contribution is -2.18. The molecule has 0 spiro atoms. The first-order valence-electron chi connectivity index (χ1n) is 8.34. The summed E-state index contributed by atoms with van der Waals surface area (Å²) in [6, 6.07) is 13.7. The van der Waals surface area contributed by atoms with Gasteiger partial charge in [-0.15, -0.1) is 0 Å². The van der Waals surface area contributed by atoms with Crippen LogP contribution in [0.3, 0.4) is 0 Å². The van der Waals surface area contributed by atoms with Crippen LogP contribution in [0.25, 0.3) is 0 Å². The molecule has 0 amide bonds. The Labute approximate surface area is 159 Å². The maximum absolute atomic E-state index is 13.3. The second-order valence-corrected chi connectivity index (χ2v) is 9.28. The second kappa shape index (κ2) is 6.93. The van der Waals surface area contributed by atoms with Crippen molar-refractivity contribution in [2.24, 2.45) is 0 Å². The van der Waals surface area contributed by atoms with E-state index >= 15 is 0 Å². The smallest absolute Gasteiger partial charge is 0.199 e. The van der Waals surface area contributed by atoms with Gasteiger partial charge in [0.25, 0.3) is 10.0 Å². The number of rotatable bonds is 4. The molecule has 0 N–H and O–H groups in total. The summed E-state index contributed by atoms with van der Waals surface area (Å²) in [5, 5.41) is 4.37. The summed E-state index contributed by atoms with van der Waals surface area (Å²) in [6.07, 6.45) is 0. The van der Waals surface area contributed by atoms with Crippen molar-refractivity contribution in [3.63, 3.8) is 0 Å². The number of hydrogen-bond donors (Lipinski definition) is 0. The molecule has 0 aliphatic carbocycles. The first kappa shape index (κ1) is 18.7. The van der Waals surface area contributed by atoms with Crippen LogP contribution in [-0.2, 0) is 10.0 Å². The van der Waals surface area contributed by atoms with Gasteiger partial charge in [-0.3, -0.25) is 0 Å². The van der Waals surface area contributed by atoms with E-state index in [0.717, 1.165) is 26.5 Å². The Bertz CT molecular complexity index is 1050. The third-order valence-corrected chi connectivity index (χ3v) is 7.51. The molecule has 0 unspecified atom stereocenters. The van der Waals surface area contributed by atoms with Crippen LogP contribution in [0, 0.1) is 34.6 Å². The molecule has 3 aromatic rings. The Kier molecular flexibility index (Phi) is 4.99. The van der Waals surface area contributed by atoms with Crippen molar-refractivity contribution in [2.45, 2.75) is 49.3 Å². The zero-order valence-corrected chi connectivity index (χ0v) is 17.2. The van der Waals surface area contributed by atoms with Crippen molar-refractivity contribution < 1.29 is 8.42 Å². The topological polar surface area (TPSA) is 52.0 Å². The Morgan fingerprint density at radius 2 is 1.50 bits per heavy atom. The SMILES string of the molecule is Cc1cc(C)c(S(=O)(=O)n2nc(C)c(Sc3ccccc3)c2C)c(C)c1. The largest absolute Gasteiger partial charge is 0.283 e. The van der Waals surface area contributed by atoms with E-state index in [1.165, 1.54) is 15.8 Å². The molecule has 1 aromatic heterocycles. The van der Waals surface area contributed by atoms with Gasteiger partial charge in [-0.1, -0.05) is 47.7 Å². The molecule has 0 saturated heterocycles.